The number of nitrogens with one attached hydrogen (secondary N) is 2. The number of hydrogen-bond acceptors (Lipinski definition) is 9. The van der Waals surface area contributed by atoms with Gasteiger partial charge in [0.25, 0.3) is 12.0 Å². The van der Waals surface area contributed by atoms with Crippen molar-refractivity contribution < 1.29 is 46.0 Å². The molecule has 0 amide bonds. The van der Waals surface area contributed by atoms with Gasteiger partial charge in [0.05, 0.1) is 18.9 Å². The molecule has 0 radical (unpaired) electrons. The number of alkyl halides is 3. The van der Waals surface area contributed by atoms with Crippen molar-refractivity contribution in [3.63, 3.8) is 0 Å². The molecule has 1 aliphatic rings. The standard InChI is InChI=1S/C26H28F4N3O8PS/c1-13(2)39-23(36)14(3)32-42(43,41-18-10-6-8-15-7-4-5-9-16(15)18)38-12-26(24(29)30)20(28)19(34)22(40-26)33-11-17(27)21(35)31-25(33)37/h4-11,13-14,19-20,22,24,34H,12H2,1-3H3,(H,32,43)(H,31,35,37). The van der Waals surface area contributed by atoms with Crippen molar-refractivity contribution in [3.05, 3.63) is 75.3 Å². The lowest BCUT2D eigenvalue weighted by Gasteiger charge is -2.33. The van der Waals surface area contributed by atoms with E-state index in [2.05, 4.69) is 5.09 Å². The molecule has 6 unspecified atom stereocenters. The van der Waals surface area contributed by atoms with Crippen LogP contribution in [0.3, 0.4) is 0 Å². The Morgan fingerprint density at radius 2 is 1.88 bits per heavy atom. The number of aromatic amines is 1. The number of aliphatic hydroxyl groups excluding tert-OH is 1. The molecule has 4 rings (SSSR count). The van der Waals surface area contributed by atoms with Crippen molar-refractivity contribution in [1.29, 1.82) is 0 Å². The predicted octanol–water partition coefficient (Wildman–Crippen LogP) is 3.31. The number of esters is 1. The fraction of sp³-hybridized carbons (Fsp3) is 0.423. The van der Waals surface area contributed by atoms with Crippen molar-refractivity contribution in [2.24, 2.45) is 0 Å². The highest BCUT2D eigenvalue weighted by atomic mass is 32.5. The number of hydrogen-bond donors (Lipinski definition) is 3. The molecule has 0 aliphatic carbocycles. The van der Waals surface area contributed by atoms with Crippen LogP contribution in [0.25, 0.3) is 10.8 Å². The van der Waals surface area contributed by atoms with Gasteiger partial charge in [0.1, 0.15) is 17.9 Å². The topological polar surface area (TPSA) is 141 Å². The zero-order valence-corrected chi connectivity index (χ0v) is 24.6. The summed E-state index contributed by atoms with van der Waals surface area (Å²) < 4.78 is 80.8. The number of carbonyl (C=O) groups excluding carboxylic acids is 1. The smallest absolute Gasteiger partial charge is 0.330 e. The van der Waals surface area contributed by atoms with Gasteiger partial charge in [-0.15, -0.1) is 0 Å². The third kappa shape index (κ3) is 6.84. The van der Waals surface area contributed by atoms with Crippen LogP contribution in [0.15, 0.2) is 58.3 Å². The molecule has 1 fully saturated rings. The molecule has 2 aromatic carbocycles. The highest BCUT2D eigenvalue weighted by Crippen LogP contribution is 2.51. The molecule has 2 heterocycles. The monoisotopic (exact) mass is 649 g/mol. The molecule has 0 saturated carbocycles. The number of benzene rings is 2. The summed E-state index contributed by atoms with van der Waals surface area (Å²) in [4.78, 5) is 37.8. The summed E-state index contributed by atoms with van der Waals surface area (Å²) in [5.41, 5.74) is -6.01. The number of aliphatic hydroxyl groups is 1. The second kappa shape index (κ2) is 12.8. The summed E-state index contributed by atoms with van der Waals surface area (Å²) in [6.45, 7) is -0.816. The van der Waals surface area contributed by atoms with E-state index >= 15 is 4.39 Å². The molecule has 1 aliphatic heterocycles. The van der Waals surface area contributed by atoms with Crippen molar-refractivity contribution in [1.82, 2.24) is 14.6 Å². The van der Waals surface area contributed by atoms with Gasteiger partial charge in [-0.25, -0.2) is 23.1 Å². The summed E-state index contributed by atoms with van der Waals surface area (Å²) in [5.74, 6) is -2.13. The van der Waals surface area contributed by atoms with E-state index in [4.69, 9.17) is 30.3 Å². The molecular formula is C26H28F4N3O8PS. The molecule has 11 nitrogen and oxygen atoms in total. The lowest BCUT2D eigenvalue weighted by Crippen LogP contribution is -2.51. The highest BCUT2D eigenvalue weighted by Gasteiger charge is 2.62. The maximum absolute atomic E-state index is 15.5. The van der Waals surface area contributed by atoms with Crippen molar-refractivity contribution in [3.8, 4) is 5.75 Å². The van der Waals surface area contributed by atoms with Gasteiger partial charge in [-0.3, -0.25) is 19.1 Å². The fourth-order valence-corrected chi connectivity index (χ4v) is 6.74. The first-order valence-corrected chi connectivity index (χ1v) is 15.5. The molecule has 1 saturated heterocycles. The van der Waals surface area contributed by atoms with Gasteiger partial charge in [0.15, 0.2) is 18.0 Å². The normalized spacial score (nSPS) is 24.3. The number of carbonyl (C=O) groups is 1. The average molecular weight is 650 g/mol. The maximum Gasteiger partial charge on any atom is 0.330 e. The van der Waals surface area contributed by atoms with E-state index in [9.17, 15) is 32.7 Å². The molecule has 17 heteroatoms. The van der Waals surface area contributed by atoms with Gasteiger partial charge in [-0.05, 0) is 44.0 Å². The lowest BCUT2D eigenvalue weighted by molar-refractivity contribution is -0.182. The van der Waals surface area contributed by atoms with Crippen LogP contribution in [0, 0.1) is 5.82 Å². The van der Waals surface area contributed by atoms with Crippen LogP contribution in [0.1, 0.15) is 27.0 Å². The maximum atomic E-state index is 15.5. The molecule has 0 spiro atoms. The minimum atomic E-state index is -4.05. The zero-order valence-electron chi connectivity index (χ0n) is 22.9. The average Bonchev–Trinajstić information content (AvgIpc) is 3.20. The van der Waals surface area contributed by atoms with E-state index < -0.39 is 79.0 Å². The number of H-pyrrole nitrogens is 1. The molecule has 3 aromatic rings. The summed E-state index contributed by atoms with van der Waals surface area (Å²) in [7, 11) is 0. The zero-order chi connectivity index (χ0) is 31.7. The molecule has 3 N–H and O–H groups in total. The van der Waals surface area contributed by atoms with Gasteiger partial charge in [-0.1, -0.05) is 36.4 Å². The summed E-state index contributed by atoms with van der Waals surface area (Å²) >= 11 is 5.59. The predicted molar refractivity (Wildman–Crippen MR) is 150 cm³/mol. The van der Waals surface area contributed by atoms with Crippen molar-refractivity contribution >= 4 is 35.2 Å². The van der Waals surface area contributed by atoms with Crippen molar-refractivity contribution in [2.75, 3.05) is 6.61 Å². The highest BCUT2D eigenvalue weighted by molar-refractivity contribution is 8.09. The number of halogens is 4. The molecule has 43 heavy (non-hydrogen) atoms. The van der Waals surface area contributed by atoms with Crippen LogP contribution >= 0.6 is 6.64 Å². The quantitative estimate of drug-likeness (QED) is 0.161. The first-order chi connectivity index (χ1) is 20.2. The first-order valence-electron chi connectivity index (χ1n) is 12.9. The van der Waals surface area contributed by atoms with Gasteiger partial charge in [-0.2, -0.15) is 4.39 Å². The minimum Gasteiger partial charge on any atom is -0.462 e. The summed E-state index contributed by atoms with van der Waals surface area (Å²) in [6, 6.07) is 10.7. The lowest BCUT2D eigenvalue weighted by atomic mass is 9.98. The van der Waals surface area contributed by atoms with E-state index in [1.807, 2.05) is 0 Å². The number of nitrogens with zero attached hydrogens (tertiary/aromatic N) is 1. The van der Waals surface area contributed by atoms with Crippen LogP contribution in [0.4, 0.5) is 17.6 Å². The first kappa shape index (κ1) is 32.8. The largest absolute Gasteiger partial charge is 0.462 e. The number of rotatable bonds is 11. The molecule has 234 valence electrons. The second-order valence-corrected chi connectivity index (χ2v) is 13.1. The van der Waals surface area contributed by atoms with E-state index in [1.54, 1.807) is 55.2 Å². The second-order valence-electron chi connectivity index (χ2n) is 9.98. The Balaban J connectivity index is 1.69. The van der Waals surface area contributed by atoms with E-state index in [0.717, 1.165) is 5.39 Å². The number of fused-ring (bicyclic) bond motifs is 1. The fourth-order valence-electron chi connectivity index (χ4n) is 4.32. The third-order valence-electron chi connectivity index (χ3n) is 6.45. The van der Waals surface area contributed by atoms with Crippen LogP contribution in [-0.4, -0.2) is 63.7 Å². The summed E-state index contributed by atoms with van der Waals surface area (Å²) in [5, 5.41) is 14.4. The van der Waals surface area contributed by atoms with Gasteiger partial charge >= 0.3 is 18.3 Å². The Bertz CT molecular complexity index is 1650. The number of ether oxygens (including phenoxy) is 2. The third-order valence-corrected chi connectivity index (χ3v) is 8.92. The molecular weight excluding hydrogens is 621 g/mol. The molecule has 6 atom stereocenters. The Morgan fingerprint density at radius 3 is 2.56 bits per heavy atom. The van der Waals surface area contributed by atoms with Crippen LogP contribution < -0.4 is 20.9 Å². The molecule has 1 aromatic heterocycles. The molecule has 0 bridgehead atoms. The Kier molecular flexibility index (Phi) is 9.79. The van der Waals surface area contributed by atoms with Gasteiger partial charge < -0.3 is 23.6 Å². The Hall–Kier alpha value is -3.14. The van der Waals surface area contributed by atoms with Crippen LogP contribution in [0.5, 0.6) is 5.75 Å². The van der Waals surface area contributed by atoms with E-state index in [-0.39, 0.29) is 10.3 Å². The number of aromatic nitrogens is 2. The SMILES string of the molecule is CC(C)OC(=O)C(C)NP(=S)(OCC1(C(F)F)OC(n2cc(F)c(=O)[nH]c2=O)C(O)C1F)Oc1cccc2ccccc12. The van der Waals surface area contributed by atoms with Crippen molar-refractivity contribution in [2.45, 2.75) is 63.4 Å². The van der Waals surface area contributed by atoms with Gasteiger partial charge in [0.2, 0.25) is 5.82 Å². The Labute approximate surface area is 246 Å². The van der Waals surface area contributed by atoms with E-state index in [0.29, 0.717) is 11.6 Å². The summed E-state index contributed by atoms with van der Waals surface area (Å²) in [6.07, 6.45) is -11.4. The van der Waals surface area contributed by atoms with Gasteiger partial charge in [0, 0.05) is 5.39 Å². The van der Waals surface area contributed by atoms with Crippen LogP contribution in [-0.2, 0) is 30.6 Å². The van der Waals surface area contributed by atoms with E-state index in [1.165, 1.54) is 13.0 Å². The van der Waals surface area contributed by atoms with Crippen LogP contribution in [0.2, 0.25) is 0 Å². The minimum absolute atomic E-state index is 0.154. The Morgan fingerprint density at radius 1 is 1.21 bits per heavy atom.